The number of fused-ring (bicyclic) bond motifs is 1. The van der Waals surface area contributed by atoms with E-state index in [2.05, 4.69) is 47.6 Å². The Labute approximate surface area is 111 Å². The van der Waals surface area contributed by atoms with Crippen LogP contribution in [0.5, 0.6) is 0 Å². The highest BCUT2D eigenvalue weighted by molar-refractivity contribution is 6.30. The van der Waals surface area contributed by atoms with Gasteiger partial charge in [-0.25, -0.2) is 0 Å². The van der Waals surface area contributed by atoms with Crippen molar-refractivity contribution >= 4 is 22.4 Å². The van der Waals surface area contributed by atoms with E-state index in [4.69, 9.17) is 11.6 Å². The zero-order valence-corrected chi connectivity index (χ0v) is 10.7. The molecule has 3 rings (SSSR count). The Balaban J connectivity index is 1.79. The van der Waals surface area contributed by atoms with Crippen molar-refractivity contribution in [2.24, 2.45) is 0 Å². The molecular formula is C16H14ClN. The molecule has 1 N–H and O–H groups in total. The molecule has 0 atom stereocenters. The van der Waals surface area contributed by atoms with E-state index >= 15 is 0 Å². The summed E-state index contributed by atoms with van der Waals surface area (Å²) in [6.45, 7) is 0. The number of aromatic amines is 1. The number of nitrogens with one attached hydrogen (secondary N) is 1. The Hall–Kier alpha value is -1.73. The van der Waals surface area contributed by atoms with Crippen LogP contribution in [0.25, 0.3) is 10.8 Å². The number of benzene rings is 2. The third-order valence-corrected chi connectivity index (χ3v) is 3.52. The first-order chi connectivity index (χ1) is 8.83. The number of hydrogen-bond donors (Lipinski definition) is 1. The SMILES string of the molecule is Clc1ccc(CCc2[nH]cc3ccccc23)cc1. The minimum absolute atomic E-state index is 0.795. The molecule has 2 aromatic carbocycles. The van der Waals surface area contributed by atoms with Crippen molar-refractivity contribution < 1.29 is 0 Å². The molecule has 0 radical (unpaired) electrons. The summed E-state index contributed by atoms with van der Waals surface area (Å²) in [6.07, 6.45) is 4.13. The van der Waals surface area contributed by atoms with Gasteiger partial charge in [0.25, 0.3) is 0 Å². The lowest BCUT2D eigenvalue weighted by Crippen LogP contribution is -1.91. The summed E-state index contributed by atoms with van der Waals surface area (Å²) in [6, 6.07) is 16.5. The molecule has 0 unspecified atom stereocenters. The second kappa shape index (κ2) is 4.87. The van der Waals surface area contributed by atoms with Gasteiger partial charge in [-0.1, -0.05) is 48.0 Å². The molecule has 0 amide bonds. The minimum Gasteiger partial charge on any atom is -0.364 e. The molecule has 0 saturated heterocycles. The molecule has 90 valence electrons. The van der Waals surface area contributed by atoms with Gasteiger partial charge < -0.3 is 4.98 Å². The van der Waals surface area contributed by atoms with Gasteiger partial charge in [0.15, 0.2) is 0 Å². The normalized spacial score (nSPS) is 10.9. The van der Waals surface area contributed by atoms with Crippen molar-refractivity contribution in [1.29, 1.82) is 0 Å². The quantitative estimate of drug-likeness (QED) is 0.704. The summed E-state index contributed by atoms with van der Waals surface area (Å²) < 4.78 is 0. The van der Waals surface area contributed by atoms with Crippen LogP contribution in [0.1, 0.15) is 11.3 Å². The van der Waals surface area contributed by atoms with Gasteiger partial charge in [-0.05, 0) is 35.9 Å². The lowest BCUT2D eigenvalue weighted by atomic mass is 10.1. The first kappa shape index (κ1) is 11.4. The Morgan fingerprint density at radius 2 is 1.67 bits per heavy atom. The topological polar surface area (TPSA) is 15.8 Å². The molecule has 0 aliphatic carbocycles. The summed E-state index contributed by atoms with van der Waals surface area (Å²) in [7, 11) is 0. The fraction of sp³-hybridized carbons (Fsp3) is 0.125. The van der Waals surface area contributed by atoms with Gasteiger partial charge >= 0.3 is 0 Å². The van der Waals surface area contributed by atoms with Crippen LogP contribution in [0, 0.1) is 0 Å². The van der Waals surface area contributed by atoms with Gasteiger partial charge in [-0.3, -0.25) is 0 Å². The maximum absolute atomic E-state index is 5.88. The molecule has 3 aromatic rings. The van der Waals surface area contributed by atoms with E-state index in [1.165, 1.54) is 22.0 Å². The standard InChI is InChI=1S/C16H14ClN/c17-14-8-5-12(6-9-14)7-10-16-15-4-2-1-3-13(15)11-18-16/h1-6,8-9,11,18H,7,10H2. The highest BCUT2D eigenvalue weighted by Crippen LogP contribution is 2.19. The molecule has 0 aliphatic rings. The van der Waals surface area contributed by atoms with E-state index in [1.54, 1.807) is 0 Å². The van der Waals surface area contributed by atoms with Crippen LogP contribution in [0.15, 0.2) is 54.7 Å². The summed E-state index contributed by atoms with van der Waals surface area (Å²) in [5.41, 5.74) is 2.62. The van der Waals surface area contributed by atoms with Gasteiger partial charge in [0.1, 0.15) is 0 Å². The van der Waals surface area contributed by atoms with Gasteiger partial charge in [0.05, 0.1) is 0 Å². The van der Waals surface area contributed by atoms with Crippen molar-refractivity contribution in [3.8, 4) is 0 Å². The van der Waals surface area contributed by atoms with Crippen molar-refractivity contribution in [1.82, 2.24) is 4.98 Å². The van der Waals surface area contributed by atoms with Gasteiger partial charge in [-0.15, -0.1) is 0 Å². The first-order valence-corrected chi connectivity index (χ1v) is 6.50. The van der Waals surface area contributed by atoms with Crippen LogP contribution in [-0.2, 0) is 12.8 Å². The Bertz CT molecular complexity index is 652. The van der Waals surface area contributed by atoms with Crippen molar-refractivity contribution in [2.75, 3.05) is 0 Å². The molecule has 0 fully saturated rings. The summed E-state index contributed by atoms with van der Waals surface area (Å²) in [5, 5.41) is 3.40. The summed E-state index contributed by atoms with van der Waals surface area (Å²) in [5.74, 6) is 0. The Morgan fingerprint density at radius 1 is 0.889 bits per heavy atom. The van der Waals surface area contributed by atoms with Crippen LogP contribution in [-0.4, -0.2) is 4.98 Å². The fourth-order valence-corrected chi connectivity index (χ4v) is 2.39. The van der Waals surface area contributed by atoms with E-state index in [9.17, 15) is 0 Å². The number of H-pyrrole nitrogens is 1. The maximum Gasteiger partial charge on any atom is 0.0406 e. The number of halogens is 1. The predicted octanol–water partition coefficient (Wildman–Crippen LogP) is 4.61. The van der Waals surface area contributed by atoms with Crippen molar-refractivity contribution in [2.45, 2.75) is 12.8 Å². The zero-order valence-electron chi connectivity index (χ0n) is 9.99. The van der Waals surface area contributed by atoms with E-state index in [1.807, 2.05) is 12.1 Å². The average molecular weight is 256 g/mol. The molecule has 0 bridgehead atoms. The molecule has 1 heterocycles. The van der Waals surface area contributed by atoms with Gasteiger partial charge in [0, 0.05) is 22.3 Å². The number of aryl methyl sites for hydroxylation is 2. The van der Waals surface area contributed by atoms with E-state index in [-0.39, 0.29) is 0 Å². The minimum atomic E-state index is 0.795. The summed E-state index contributed by atoms with van der Waals surface area (Å²) in [4.78, 5) is 3.37. The maximum atomic E-state index is 5.88. The Morgan fingerprint density at radius 3 is 2.50 bits per heavy atom. The van der Waals surface area contributed by atoms with Crippen molar-refractivity contribution in [3.05, 3.63) is 71.0 Å². The average Bonchev–Trinajstić information content (AvgIpc) is 2.82. The molecule has 1 nitrogen and oxygen atoms in total. The molecule has 1 aromatic heterocycles. The zero-order chi connectivity index (χ0) is 12.4. The molecule has 0 saturated carbocycles. The van der Waals surface area contributed by atoms with Crippen molar-refractivity contribution in [3.63, 3.8) is 0 Å². The smallest absolute Gasteiger partial charge is 0.0406 e. The van der Waals surface area contributed by atoms with Crippen LogP contribution in [0.4, 0.5) is 0 Å². The Kier molecular flexibility index (Phi) is 3.07. The van der Waals surface area contributed by atoms with Gasteiger partial charge in [-0.2, -0.15) is 0 Å². The third-order valence-electron chi connectivity index (χ3n) is 3.26. The van der Waals surface area contributed by atoms with Crippen LogP contribution in [0.3, 0.4) is 0 Å². The van der Waals surface area contributed by atoms with E-state index in [0.717, 1.165) is 17.9 Å². The predicted molar refractivity (Wildman–Crippen MR) is 77.2 cm³/mol. The molecule has 0 spiro atoms. The largest absolute Gasteiger partial charge is 0.364 e. The fourth-order valence-electron chi connectivity index (χ4n) is 2.27. The van der Waals surface area contributed by atoms with Gasteiger partial charge in [0.2, 0.25) is 0 Å². The monoisotopic (exact) mass is 255 g/mol. The molecule has 2 heteroatoms. The van der Waals surface area contributed by atoms with Crippen LogP contribution in [0.2, 0.25) is 5.02 Å². The lowest BCUT2D eigenvalue weighted by molar-refractivity contribution is 0.933. The number of hydrogen-bond acceptors (Lipinski definition) is 0. The number of aromatic nitrogens is 1. The third kappa shape index (κ3) is 2.27. The highest BCUT2D eigenvalue weighted by atomic mass is 35.5. The second-order valence-corrected chi connectivity index (χ2v) is 4.92. The first-order valence-electron chi connectivity index (χ1n) is 6.12. The number of rotatable bonds is 3. The van der Waals surface area contributed by atoms with E-state index < -0.39 is 0 Å². The second-order valence-electron chi connectivity index (χ2n) is 4.48. The van der Waals surface area contributed by atoms with Crippen LogP contribution >= 0.6 is 11.6 Å². The summed E-state index contributed by atoms with van der Waals surface area (Å²) >= 11 is 5.88. The molecule has 18 heavy (non-hydrogen) atoms. The molecule has 0 aliphatic heterocycles. The molecular weight excluding hydrogens is 242 g/mol. The highest BCUT2D eigenvalue weighted by Gasteiger charge is 2.03. The lowest BCUT2D eigenvalue weighted by Gasteiger charge is -2.01. The van der Waals surface area contributed by atoms with Crippen LogP contribution < -0.4 is 0 Å². The van der Waals surface area contributed by atoms with E-state index in [0.29, 0.717) is 0 Å².